The zero-order valence-corrected chi connectivity index (χ0v) is 12.5. The van der Waals surface area contributed by atoms with Crippen LogP contribution in [0.2, 0.25) is 0 Å². The zero-order valence-electron chi connectivity index (χ0n) is 12.5. The summed E-state index contributed by atoms with van der Waals surface area (Å²) in [5.74, 6) is 2.09. The maximum absolute atomic E-state index is 5.46. The first-order valence-electron chi connectivity index (χ1n) is 7.71. The fraction of sp³-hybridized carbons (Fsp3) is 0.562. The molecule has 3 rings (SSSR count). The molecule has 5 heteroatoms. The van der Waals surface area contributed by atoms with Gasteiger partial charge in [-0.15, -0.1) is 0 Å². The molecule has 1 aliphatic rings. The Morgan fingerprint density at radius 3 is 2.86 bits per heavy atom. The highest BCUT2D eigenvalue weighted by Gasteiger charge is 2.21. The summed E-state index contributed by atoms with van der Waals surface area (Å²) in [4.78, 5) is 10.9. The molecule has 1 saturated carbocycles. The third-order valence-corrected chi connectivity index (χ3v) is 4.02. The minimum absolute atomic E-state index is 0.476. The van der Waals surface area contributed by atoms with Gasteiger partial charge in [0.05, 0.1) is 6.54 Å². The van der Waals surface area contributed by atoms with Crippen LogP contribution in [0.1, 0.15) is 55.3 Å². The van der Waals surface area contributed by atoms with Crippen molar-refractivity contribution in [3.63, 3.8) is 0 Å². The van der Waals surface area contributed by atoms with Crippen LogP contribution in [0.25, 0.3) is 0 Å². The average molecular weight is 286 g/mol. The fourth-order valence-corrected chi connectivity index (χ4v) is 2.95. The second-order valence-electron chi connectivity index (χ2n) is 5.92. The molecule has 112 valence electrons. The minimum atomic E-state index is 0.476. The lowest BCUT2D eigenvalue weighted by atomic mass is 9.89. The van der Waals surface area contributed by atoms with Crippen LogP contribution < -0.4 is 0 Å². The van der Waals surface area contributed by atoms with Crippen molar-refractivity contribution in [1.29, 1.82) is 0 Å². The highest BCUT2D eigenvalue weighted by molar-refractivity contribution is 5.08. The summed E-state index contributed by atoms with van der Waals surface area (Å²) in [5.41, 5.74) is 1.19. The fourth-order valence-electron chi connectivity index (χ4n) is 2.95. The predicted octanol–water partition coefficient (Wildman–Crippen LogP) is 3.14. The first kappa shape index (κ1) is 14.2. The lowest BCUT2D eigenvalue weighted by Gasteiger charge is -2.17. The molecule has 2 heterocycles. The molecule has 2 aromatic heterocycles. The smallest absolute Gasteiger partial charge is 0.229 e. The van der Waals surface area contributed by atoms with Gasteiger partial charge >= 0.3 is 0 Å². The van der Waals surface area contributed by atoms with E-state index in [1.54, 1.807) is 6.20 Å². The van der Waals surface area contributed by atoms with Crippen molar-refractivity contribution in [3.05, 3.63) is 41.8 Å². The first-order valence-corrected chi connectivity index (χ1v) is 7.71. The van der Waals surface area contributed by atoms with Gasteiger partial charge in [-0.25, -0.2) is 0 Å². The molecule has 0 amide bonds. The Kier molecular flexibility index (Phi) is 4.60. The van der Waals surface area contributed by atoms with Gasteiger partial charge in [-0.1, -0.05) is 30.5 Å². The standard InChI is InChI=1S/C16H22N4O/c1-20(11-13-6-5-9-17-10-13)12-15-18-16(21-19-15)14-7-3-2-4-8-14/h5-6,9-10,14H,2-4,7-8,11-12H2,1H3. The van der Waals surface area contributed by atoms with Crippen LogP contribution in [0.15, 0.2) is 29.0 Å². The zero-order chi connectivity index (χ0) is 14.5. The Morgan fingerprint density at radius 1 is 1.24 bits per heavy atom. The average Bonchev–Trinajstić information content (AvgIpc) is 2.97. The molecule has 0 N–H and O–H groups in total. The predicted molar refractivity (Wildman–Crippen MR) is 79.5 cm³/mol. The maximum atomic E-state index is 5.46. The van der Waals surface area contributed by atoms with E-state index in [-0.39, 0.29) is 0 Å². The van der Waals surface area contributed by atoms with Gasteiger partial charge < -0.3 is 4.52 Å². The van der Waals surface area contributed by atoms with E-state index in [0.29, 0.717) is 12.5 Å². The lowest BCUT2D eigenvalue weighted by Crippen LogP contribution is -2.18. The van der Waals surface area contributed by atoms with E-state index >= 15 is 0 Å². The van der Waals surface area contributed by atoms with Crippen molar-refractivity contribution in [1.82, 2.24) is 20.0 Å². The molecule has 0 spiro atoms. The molecule has 0 saturated heterocycles. The monoisotopic (exact) mass is 286 g/mol. The van der Waals surface area contributed by atoms with Gasteiger partial charge in [0.2, 0.25) is 5.89 Å². The molecule has 0 atom stereocenters. The summed E-state index contributed by atoms with van der Waals surface area (Å²) in [7, 11) is 2.06. The van der Waals surface area contributed by atoms with Crippen molar-refractivity contribution in [2.75, 3.05) is 7.05 Å². The molecule has 0 radical (unpaired) electrons. The van der Waals surface area contributed by atoms with Crippen molar-refractivity contribution < 1.29 is 4.52 Å². The number of hydrogen-bond donors (Lipinski definition) is 0. The molecule has 1 aliphatic carbocycles. The van der Waals surface area contributed by atoms with E-state index in [9.17, 15) is 0 Å². The van der Waals surface area contributed by atoms with Crippen molar-refractivity contribution in [2.24, 2.45) is 0 Å². The Morgan fingerprint density at radius 2 is 2.10 bits per heavy atom. The molecule has 0 unspecified atom stereocenters. The third kappa shape index (κ3) is 3.88. The summed E-state index contributed by atoms with van der Waals surface area (Å²) in [6, 6.07) is 4.03. The van der Waals surface area contributed by atoms with E-state index in [1.807, 2.05) is 12.3 Å². The van der Waals surface area contributed by atoms with Crippen molar-refractivity contribution in [3.8, 4) is 0 Å². The van der Waals surface area contributed by atoms with Crippen LogP contribution in [-0.4, -0.2) is 27.1 Å². The third-order valence-electron chi connectivity index (χ3n) is 4.02. The van der Waals surface area contributed by atoms with Crippen LogP contribution in [0.5, 0.6) is 0 Å². The Balaban J connectivity index is 1.56. The maximum Gasteiger partial charge on any atom is 0.229 e. The van der Waals surface area contributed by atoms with E-state index in [0.717, 1.165) is 18.3 Å². The number of nitrogens with zero attached hydrogens (tertiary/aromatic N) is 4. The SMILES string of the molecule is CN(Cc1cccnc1)Cc1noc(C2CCCCC2)n1. The lowest BCUT2D eigenvalue weighted by molar-refractivity contribution is 0.291. The van der Waals surface area contributed by atoms with E-state index in [4.69, 9.17) is 4.52 Å². The Hall–Kier alpha value is -1.75. The minimum Gasteiger partial charge on any atom is -0.339 e. The van der Waals surface area contributed by atoms with Crippen LogP contribution in [-0.2, 0) is 13.1 Å². The van der Waals surface area contributed by atoms with E-state index < -0.39 is 0 Å². The summed E-state index contributed by atoms with van der Waals surface area (Å²) >= 11 is 0. The summed E-state index contributed by atoms with van der Waals surface area (Å²) in [6.07, 6.45) is 9.96. The second-order valence-corrected chi connectivity index (χ2v) is 5.92. The van der Waals surface area contributed by atoms with E-state index in [2.05, 4.69) is 33.1 Å². The van der Waals surface area contributed by atoms with E-state index in [1.165, 1.54) is 37.7 Å². The van der Waals surface area contributed by atoms with Crippen LogP contribution in [0.4, 0.5) is 0 Å². The van der Waals surface area contributed by atoms with Crippen molar-refractivity contribution in [2.45, 2.75) is 51.1 Å². The summed E-state index contributed by atoms with van der Waals surface area (Å²) in [6.45, 7) is 1.53. The quantitative estimate of drug-likeness (QED) is 0.845. The van der Waals surface area contributed by atoms with Crippen LogP contribution in [0.3, 0.4) is 0 Å². The van der Waals surface area contributed by atoms with Crippen molar-refractivity contribution >= 4 is 0 Å². The second kappa shape index (κ2) is 6.80. The van der Waals surface area contributed by atoms with Gasteiger partial charge in [-0.3, -0.25) is 9.88 Å². The van der Waals surface area contributed by atoms with Gasteiger partial charge in [0.25, 0.3) is 0 Å². The molecule has 21 heavy (non-hydrogen) atoms. The summed E-state index contributed by atoms with van der Waals surface area (Å²) in [5, 5.41) is 4.13. The van der Waals surface area contributed by atoms with Crippen LogP contribution >= 0.6 is 0 Å². The summed E-state index contributed by atoms with van der Waals surface area (Å²) < 4.78 is 5.46. The van der Waals surface area contributed by atoms with Gasteiger partial charge in [-0.05, 0) is 31.5 Å². The number of hydrogen-bond acceptors (Lipinski definition) is 5. The molecule has 5 nitrogen and oxygen atoms in total. The number of pyridine rings is 1. The highest BCUT2D eigenvalue weighted by atomic mass is 16.5. The van der Waals surface area contributed by atoms with Gasteiger partial charge in [0.1, 0.15) is 0 Å². The Bertz CT molecular complexity index is 548. The normalized spacial score (nSPS) is 16.5. The molecular weight excluding hydrogens is 264 g/mol. The van der Waals surface area contributed by atoms with Gasteiger partial charge in [0, 0.05) is 24.9 Å². The molecule has 0 aliphatic heterocycles. The molecule has 2 aromatic rings. The molecular formula is C16H22N4O. The molecule has 0 bridgehead atoms. The van der Waals surface area contributed by atoms with Gasteiger partial charge in [-0.2, -0.15) is 4.98 Å². The molecule has 1 fully saturated rings. The largest absolute Gasteiger partial charge is 0.339 e. The Labute approximate surface area is 125 Å². The topological polar surface area (TPSA) is 55.1 Å². The number of aromatic nitrogens is 3. The van der Waals surface area contributed by atoms with Gasteiger partial charge in [0.15, 0.2) is 5.82 Å². The highest BCUT2D eigenvalue weighted by Crippen LogP contribution is 2.31. The molecule has 0 aromatic carbocycles. The number of rotatable bonds is 5. The van der Waals surface area contributed by atoms with Crippen LogP contribution in [0, 0.1) is 0 Å². The first-order chi connectivity index (χ1) is 10.3.